The third-order valence-electron chi connectivity index (χ3n) is 2.42. The van der Waals surface area contributed by atoms with Crippen LogP contribution in [0.2, 0.25) is 0 Å². The van der Waals surface area contributed by atoms with Crippen molar-refractivity contribution in [3.05, 3.63) is 71.3 Å². The molecular formula is C15H13F2NO3. The molecule has 2 rings (SSSR count). The van der Waals surface area contributed by atoms with E-state index < -0.39 is 11.8 Å². The van der Waals surface area contributed by atoms with Gasteiger partial charge in [-0.2, -0.15) is 0 Å². The molecule has 2 aromatic rings. The molecule has 0 saturated heterocycles. The van der Waals surface area contributed by atoms with Crippen LogP contribution in [-0.2, 0) is 0 Å². The Morgan fingerprint density at radius 3 is 1.57 bits per heavy atom. The third-order valence-corrected chi connectivity index (χ3v) is 2.42. The molecule has 2 aromatic carbocycles. The molecule has 0 saturated carbocycles. The molecule has 0 spiro atoms. The van der Waals surface area contributed by atoms with Crippen LogP contribution < -0.4 is 5.32 Å². The highest BCUT2D eigenvalue weighted by molar-refractivity contribution is 5.93. The van der Waals surface area contributed by atoms with E-state index in [4.69, 9.17) is 5.11 Å². The summed E-state index contributed by atoms with van der Waals surface area (Å²) in [4.78, 5) is 21.1. The van der Waals surface area contributed by atoms with Crippen molar-refractivity contribution in [1.29, 1.82) is 0 Å². The van der Waals surface area contributed by atoms with E-state index >= 15 is 0 Å². The van der Waals surface area contributed by atoms with E-state index in [0.717, 1.165) is 12.1 Å². The third kappa shape index (κ3) is 5.40. The molecular weight excluding hydrogens is 280 g/mol. The molecule has 0 aliphatic heterocycles. The zero-order chi connectivity index (χ0) is 15.8. The van der Waals surface area contributed by atoms with Gasteiger partial charge < -0.3 is 10.4 Å². The largest absolute Gasteiger partial charge is 0.478 e. The van der Waals surface area contributed by atoms with E-state index in [9.17, 15) is 18.4 Å². The molecule has 2 N–H and O–H groups in total. The minimum atomic E-state index is -1.04. The first-order valence-corrected chi connectivity index (χ1v) is 5.90. The summed E-state index contributed by atoms with van der Waals surface area (Å²) in [5.41, 5.74) is 0.565. The lowest BCUT2D eigenvalue weighted by Gasteiger charge is -1.97. The van der Waals surface area contributed by atoms with Crippen LogP contribution in [0.5, 0.6) is 0 Å². The van der Waals surface area contributed by atoms with Crippen molar-refractivity contribution < 1.29 is 23.5 Å². The van der Waals surface area contributed by atoms with Gasteiger partial charge >= 0.3 is 5.97 Å². The second kappa shape index (κ2) is 7.74. The van der Waals surface area contributed by atoms with Gasteiger partial charge in [0, 0.05) is 12.6 Å². The lowest BCUT2D eigenvalue weighted by Crippen LogP contribution is -2.17. The van der Waals surface area contributed by atoms with Gasteiger partial charge in [-0.1, -0.05) is 0 Å². The molecule has 0 radical (unpaired) electrons. The van der Waals surface area contributed by atoms with Gasteiger partial charge in [0.1, 0.15) is 11.6 Å². The number of nitrogens with one attached hydrogen (secondary N) is 1. The van der Waals surface area contributed by atoms with Crippen LogP contribution in [-0.4, -0.2) is 24.0 Å². The van der Waals surface area contributed by atoms with Crippen molar-refractivity contribution in [3.63, 3.8) is 0 Å². The van der Waals surface area contributed by atoms with Crippen molar-refractivity contribution in [1.82, 2.24) is 5.32 Å². The molecule has 4 nitrogen and oxygen atoms in total. The van der Waals surface area contributed by atoms with Crippen LogP contribution in [0.25, 0.3) is 0 Å². The molecule has 21 heavy (non-hydrogen) atoms. The number of carboxylic acid groups (broad SMARTS) is 1. The summed E-state index contributed by atoms with van der Waals surface area (Å²) in [7, 11) is 1.53. The average molecular weight is 293 g/mol. The number of rotatable bonds is 2. The Hall–Kier alpha value is -2.76. The van der Waals surface area contributed by atoms with Crippen LogP contribution in [0.3, 0.4) is 0 Å². The van der Waals surface area contributed by atoms with Gasteiger partial charge in [-0.3, -0.25) is 4.79 Å². The summed E-state index contributed by atoms with van der Waals surface area (Å²) >= 11 is 0. The quantitative estimate of drug-likeness (QED) is 0.894. The zero-order valence-corrected chi connectivity index (χ0v) is 11.1. The smallest absolute Gasteiger partial charge is 0.335 e. The average Bonchev–Trinajstić information content (AvgIpc) is 2.48. The fourth-order valence-electron chi connectivity index (χ4n) is 1.34. The van der Waals surface area contributed by atoms with Gasteiger partial charge in [0.2, 0.25) is 0 Å². The number of amides is 1. The first-order valence-electron chi connectivity index (χ1n) is 5.90. The van der Waals surface area contributed by atoms with E-state index in [2.05, 4.69) is 5.32 Å². The normalized spacial score (nSPS) is 9.29. The van der Waals surface area contributed by atoms with E-state index in [1.165, 1.54) is 43.4 Å². The van der Waals surface area contributed by atoms with Crippen LogP contribution in [0.15, 0.2) is 48.5 Å². The lowest BCUT2D eigenvalue weighted by atomic mass is 10.2. The van der Waals surface area contributed by atoms with E-state index in [1.807, 2.05) is 0 Å². The fraction of sp³-hybridized carbons (Fsp3) is 0.0667. The molecule has 0 aromatic heterocycles. The van der Waals surface area contributed by atoms with Crippen molar-refractivity contribution >= 4 is 11.9 Å². The van der Waals surface area contributed by atoms with Crippen LogP contribution >= 0.6 is 0 Å². The van der Waals surface area contributed by atoms with Crippen LogP contribution in [0, 0.1) is 11.6 Å². The summed E-state index contributed by atoms with van der Waals surface area (Å²) in [5.74, 6) is -2.01. The number of benzene rings is 2. The Morgan fingerprint density at radius 2 is 1.24 bits per heavy atom. The molecule has 0 bridgehead atoms. The summed E-state index contributed by atoms with van der Waals surface area (Å²) in [6, 6.07) is 10.1. The molecule has 0 atom stereocenters. The Kier molecular flexibility index (Phi) is 6.00. The predicted octanol–water partition coefficient (Wildman–Crippen LogP) is 2.71. The van der Waals surface area contributed by atoms with Gasteiger partial charge in [0.15, 0.2) is 0 Å². The maximum atomic E-state index is 12.3. The van der Waals surface area contributed by atoms with Crippen LogP contribution in [0.1, 0.15) is 20.7 Å². The number of halogens is 2. The maximum Gasteiger partial charge on any atom is 0.335 e. The number of carboxylic acids is 1. The van der Waals surface area contributed by atoms with Crippen molar-refractivity contribution in [2.75, 3.05) is 7.05 Å². The van der Waals surface area contributed by atoms with Gasteiger partial charge in [0.05, 0.1) is 5.56 Å². The Bertz CT molecular complexity index is 610. The van der Waals surface area contributed by atoms with Crippen molar-refractivity contribution in [3.8, 4) is 0 Å². The standard InChI is InChI=1S/C8H8FNO.C7H5FO2/c1-10-8(11)6-2-4-7(9)5-3-6;8-6-3-1-5(2-4-6)7(9)10/h2-5H,1H3,(H,10,11);1-4H,(H,9,10). The second-order valence-corrected chi connectivity index (χ2v) is 3.90. The summed E-state index contributed by atoms with van der Waals surface area (Å²) < 4.78 is 24.5. The van der Waals surface area contributed by atoms with Gasteiger partial charge in [0.25, 0.3) is 5.91 Å². The Morgan fingerprint density at radius 1 is 0.857 bits per heavy atom. The highest BCUT2D eigenvalue weighted by Gasteiger charge is 2.01. The summed E-state index contributed by atoms with van der Waals surface area (Å²) in [5, 5.41) is 10.8. The Labute approximate surface area is 120 Å². The lowest BCUT2D eigenvalue weighted by molar-refractivity contribution is 0.0696. The molecule has 0 aliphatic rings. The molecule has 0 heterocycles. The maximum absolute atomic E-state index is 12.3. The van der Waals surface area contributed by atoms with Gasteiger partial charge in [-0.15, -0.1) is 0 Å². The number of carbonyl (C=O) groups is 2. The molecule has 0 unspecified atom stereocenters. The molecule has 0 fully saturated rings. The number of hydrogen-bond acceptors (Lipinski definition) is 2. The summed E-state index contributed by atoms with van der Waals surface area (Å²) in [6.07, 6.45) is 0. The highest BCUT2D eigenvalue weighted by Crippen LogP contribution is 2.02. The first kappa shape index (κ1) is 16.3. The zero-order valence-electron chi connectivity index (χ0n) is 11.1. The van der Waals surface area contributed by atoms with Gasteiger partial charge in [-0.25, -0.2) is 13.6 Å². The monoisotopic (exact) mass is 293 g/mol. The van der Waals surface area contributed by atoms with E-state index in [1.54, 1.807) is 0 Å². The molecule has 1 amide bonds. The molecule has 6 heteroatoms. The Balaban J connectivity index is 0.000000211. The molecule has 0 aliphatic carbocycles. The fourth-order valence-corrected chi connectivity index (χ4v) is 1.34. The number of aromatic carboxylic acids is 1. The number of carbonyl (C=O) groups excluding carboxylic acids is 1. The topological polar surface area (TPSA) is 66.4 Å². The van der Waals surface area contributed by atoms with Crippen LogP contribution in [0.4, 0.5) is 8.78 Å². The number of hydrogen-bond donors (Lipinski definition) is 2. The second-order valence-electron chi connectivity index (χ2n) is 3.90. The predicted molar refractivity (Wildman–Crippen MR) is 73.1 cm³/mol. The van der Waals surface area contributed by atoms with E-state index in [-0.39, 0.29) is 17.3 Å². The van der Waals surface area contributed by atoms with Crippen molar-refractivity contribution in [2.45, 2.75) is 0 Å². The van der Waals surface area contributed by atoms with Crippen molar-refractivity contribution in [2.24, 2.45) is 0 Å². The minimum absolute atomic E-state index is 0.0985. The van der Waals surface area contributed by atoms with Gasteiger partial charge in [-0.05, 0) is 48.5 Å². The molecule has 110 valence electrons. The summed E-state index contributed by atoms with van der Waals surface area (Å²) in [6.45, 7) is 0. The van der Waals surface area contributed by atoms with E-state index in [0.29, 0.717) is 5.56 Å². The highest BCUT2D eigenvalue weighted by atomic mass is 19.1. The first-order chi connectivity index (χ1) is 9.93. The minimum Gasteiger partial charge on any atom is -0.478 e. The SMILES string of the molecule is CNC(=O)c1ccc(F)cc1.O=C(O)c1ccc(F)cc1.